The summed E-state index contributed by atoms with van der Waals surface area (Å²) in [7, 11) is 4.12. The molecule has 126 valence electrons. The second kappa shape index (κ2) is 7.13. The van der Waals surface area contributed by atoms with Gasteiger partial charge >= 0.3 is 0 Å². The molecule has 3 rings (SSSR count). The summed E-state index contributed by atoms with van der Waals surface area (Å²) in [5.41, 5.74) is 11.0. The summed E-state index contributed by atoms with van der Waals surface area (Å²) >= 11 is 0. The Hall–Kier alpha value is -3.21. The van der Waals surface area contributed by atoms with Crippen LogP contribution < -0.4 is 10.2 Å². The summed E-state index contributed by atoms with van der Waals surface area (Å²) in [5.74, 6) is -0.0307. The second-order valence-corrected chi connectivity index (χ2v) is 6.08. The Morgan fingerprint density at radius 1 is 0.960 bits per heavy atom. The minimum Gasteiger partial charge on any atom is -0.381 e. The highest BCUT2D eigenvalue weighted by Gasteiger charge is 2.07. The fourth-order valence-electron chi connectivity index (χ4n) is 2.90. The fourth-order valence-corrected chi connectivity index (χ4v) is 2.90. The second-order valence-electron chi connectivity index (χ2n) is 6.08. The average Bonchev–Trinajstić information content (AvgIpc) is 2.65. The standard InChI is InChI=1S/C20H21N5/c1-25(2)19-12-9-15(17-5-3-4-6-18(17)19)13-23-16-10-7-14(8-11-16)20(21)24-22/h3-12,21-23H,13H2,1-2H3. The van der Waals surface area contributed by atoms with Crippen LogP contribution in [0.25, 0.3) is 10.8 Å². The largest absolute Gasteiger partial charge is 0.381 e. The first kappa shape index (κ1) is 16.6. The van der Waals surface area contributed by atoms with E-state index in [4.69, 9.17) is 10.9 Å². The van der Waals surface area contributed by atoms with Gasteiger partial charge in [0.2, 0.25) is 0 Å². The van der Waals surface area contributed by atoms with Gasteiger partial charge < -0.3 is 10.2 Å². The molecule has 3 aromatic rings. The highest BCUT2D eigenvalue weighted by molar-refractivity contribution is 5.97. The van der Waals surface area contributed by atoms with Gasteiger partial charge in [0.15, 0.2) is 5.84 Å². The summed E-state index contributed by atoms with van der Waals surface area (Å²) in [4.78, 5) is 2.13. The van der Waals surface area contributed by atoms with Crippen molar-refractivity contribution in [3.8, 4) is 0 Å². The molecule has 0 aliphatic carbocycles. The Morgan fingerprint density at radius 3 is 2.28 bits per heavy atom. The van der Waals surface area contributed by atoms with E-state index in [0.29, 0.717) is 12.1 Å². The summed E-state index contributed by atoms with van der Waals surface area (Å²) in [6, 6.07) is 20.2. The van der Waals surface area contributed by atoms with Crippen LogP contribution in [0.15, 0.2) is 65.8 Å². The highest BCUT2D eigenvalue weighted by Crippen LogP contribution is 2.28. The number of nitrogens with zero attached hydrogens (tertiary/aromatic N) is 2. The highest BCUT2D eigenvalue weighted by atomic mass is 15.1. The van der Waals surface area contributed by atoms with Crippen LogP contribution in [0, 0.1) is 10.9 Å². The van der Waals surface area contributed by atoms with Crippen molar-refractivity contribution in [3.05, 3.63) is 71.8 Å². The molecule has 3 N–H and O–H groups in total. The number of nitrogens with one attached hydrogen (secondary N) is 3. The summed E-state index contributed by atoms with van der Waals surface area (Å²) < 4.78 is 0. The minimum atomic E-state index is -0.0307. The van der Waals surface area contributed by atoms with Gasteiger partial charge in [-0.1, -0.05) is 30.3 Å². The number of hydrogen-bond acceptors (Lipinski definition) is 4. The molecule has 0 radical (unpaired) electrons. The molecule has 0 spiro atoms. The molecule has 0 saturated heterocycles. The van der Waals surface area contributed by atoms with E-state index in [-0.39, 0.29) is 5.84 Å². The van der Waals surface area contributed by atoms with Crippen LogP contribution in [0.1, 0.15) is 11.1 Å². The van der Waals surface area contributed by atoms with Crippen LogP contribution in [0.4, 0.5) is 11.4 Å². The van der Waals surface area contributed by atoms with Gasteiger partial charge in [-0.05, 0) is 41.3 Å². The zero-order valence-corrected chi connectivity index (χ0v) is 14.4. The SMILES string of the molecule is CN(C)c1ccc(CNc2ccc(C(=N)N=N)cc2)c2ccccc12. The Morgan fingerprint density at radius 2 is 1.64 bits per heavy atom. The Bertz CT molecular complexity index is 913. The maximum Gasteiger partial charge on any atom is 0.173 e. The predicted octanol–water partition coefficient (Wildman–Crippen LogP) is 4.87. The van der Waals surface area contributed by atoms with Gasteiger partial charge in [0.25, 0.3) is 0 Å². The lowest BCUT2D eigenvalue weighted by molar-refractivity contribution is 1.13. The van der Waals surface area contributed by atoms with Crippen LogP contribution >= 0.6 is 0 Å². The van der Waals surface area contributed by atoms with Gasteiger partial charge in [0.05, 0.1) is 0 Å². The van der Waals surface area contributed by atoms with Crippen LogP contribution in [0.2, 0.25) is 0 Å². The quantitative estimate of drug-likeness (QED) is 0.354. The van der Waals surface area contributed by atoms with Crippen molar-refractivity contribution in [2.75, 3.05) is 24.3 Å². The molecule has 0 amide bonds. The normalized spacial score (nSPS) is 10.5. The fraction of sp³-hybridized carbons (Fsp3) is 0.150. The van der Waals surface area contributed by atoms with Crippen LogP contribution in [-0.4, -0.2) is 19.9 Å². The zero-order valence-electron chi connectivity index (χ0n) is 14.4. The van der Waals surface area contributed by atoms with E-state index in [1.165, 1.54) is 22.0 Å². The Labute approximate surface area is 147 Å². The van der Waals surface area contributed by atoms with Gasteiger partial charge in [-0.3, -0.25) is 5.41 Å². The van der Waals surface area contributed by atoms with E-state index >= 15 is 0 Å². The number of anilines is 2. The first-order valence-electron chi connectivity index (χ1n) is 8.08. The lowest BCUT2D eigenvalue weighted by atomic mass is 10.0. The molecule has 0 bridgehead atoms. The van der Waals surface area contributed by atoms with Crippen LogP contribution in [0.3, 0.4) is 0 Å². The molecule has 3 aromatic carbocycles. The van der Waals surface area contributed by atoms with Gasteiger partial charge in [0.1, 0.15) is 0 Å². The van der Waals surface area contributed by atoms with E-state index in [1.807, 2.05) is 12.1 Å². The van der Waals surface area contributed by atoms with Gasteiger partial charge in [0, 0.05) is 43.0 Å². The molecule has 25 heavy (non-hydrogen) atoms. The maximum atomic E-state index is 7.55. The molecule has 0 aliphatic rings. The minimum absolute atomic E-state index is 0.0307. The van der Waals surface area contributed by atoms with Gasteiger partial charge in [-0.15, -0.1) is 5.11 Å². The topological polar surface area (TPSA) is 75.3 Å². The van der Waals surface area contributed by atoms with Crippen molar-refractivity contribution < 1.29 is 0 Å². The average molecular weight is 331 g/mol. The van der Waals surface area contributed by atoms with E-state index in [1.54, 1.807) is 12.1 Å². The van der Waals surface area contributed by atoms with Crippen LogP contribution in [-0.2, 0) is 6.54 Å². The lowest BCUT2D eigenvalue weighted by Gasteiger charge is -2.18. The molecule has 5 heteroatoms. The molecule has 0 aliphatic heterocycles. The number of hydrogen-bond donors (Lipinski definition) is 3. The molecule has 0 atom stereocenters. The summed E-state index contributed by atoms with van der Waals surface area (Å²) in [6.45, 7) is 0.716. The molecule has 0 fully saturated rings. The van der Waals surface area contributed by atoms with Crippen molar-refractivity contribution in [2.45, 2.75) is 6.54 Å². The first-order chi connectivity index (χ1) is 12.1. The third kappa shape index (κ3) is 3.50. The van der Waals surface area contributed by atoms with Crippen molar-refractivity contribution in [1.82, 2.24) is 0 Å². The molecule has 0 heterocycles. The predicted molar refractivity (Wildman–Crippen MR) is 104 cm³/mol. The summed E-state index contributed by atoms with van der Waals surface area (Å²) in [6.07, 6.45) is 0. The van der Waals surface area contributed by atoms with E-state index in [0.717, 1.165) is 5.69 Å². The van der Waals surface area contributed by atoms with Crippen molar-refractivity contribution >= 4 is 28.0 Å². The Balaban J connectivity index is 1.83. The van der Waals surface area contributed by atoms with E-state index < -0.39 is 0 Å². The number of amidine groups is 1. The third-order valence-electron chi connectivity index (χ3n) is 4.23. The zero-order chi connectivity index (χ0) is 17.8. The first-order valence-corrected chi connectivity index (χ1v) is 8.08. The molecule has 0 saturated carbocycles. The van der Waals surface area contributed by atoms with Crippen LogP contribution in [0.5, 0.6) is 0 Å². The Kier molecular flexibility index (Phi) is 4.75. The molecule has 0 aromatic heterocycles. The third-order valence-corrected chi connectivity index (χ3v) is 4.23. The molecular weight excluding hydrogens is 310 g/mol. The molecule has 5 nitrogen and oxygen atoms in total. The number of rotatable bonds is 5. The lowest BCUT2D eigenvalue weighted by Crippen LogP contribution is -2.10. The van der Waals surface area contributed by atoms with Crippen molar-refractivity contribution in [2.24, 2.45) is 5.11 Å². The number of benzene rings is 3. The number of fused-ring (bicyclic) bond motifs is 1. The monoisotopic (exact) mass is 331 g/mol. The van der Waals surface area contributed by atoms with E-state index in [2.05, 4.69) is 65.8 Å². The maximum absolute atomic E-state index is 7.55. The molecular formula is C20H21N5. The van der Waals surface area contributed by atoms with Crippen molar-refractivity contribution in [1.29, 1.82) is 10.9 Å². The van der Waals surface area contributed by atoms with Crippen molar-refractivity contribution in [3.63, 3.8) is 0 Å². The van der Waals surface area contributed by atoms with E-state index in [9.17, 15) is 0 Å². The molecule has 0 unspecified atom stereocenters. The smallest absolute Gasteiger partial charge is 0.173 e. The van der Waals surface area contributed by atoms with Gasteiger partial charge in [-0.25, -0.2) is 5.53 Å². The summed E-state index contributed by atoms with van der Waals surface area (Å²) in [5, 5.41) is 16.6. The van der Waals surface area contributed by atoms with Gasteiger partial charge in [-0.2, -0.15) is 0 Å².